The third kappa shape index (κ3) is 5.63. The molecule has 134 valence electrons. The van der Waals surface area contributed by atoms with E-state index in [-0.39, 0.29) is 12.5 Å². The minimum Gasteiger partial charge on any atom is -0.491 e. The van der Waals surface area contributed by atoms with E-state index in [1.807, 2.05) is 0 Å². The van der Waals surface area contributed by atoms with Gasteiger partial charge in [-0.1, -0.05) is 11.6 Å². The molecule has 1 atom stereocenters. The first-order valence-corrected chi connectivity index (χ1v) is 8.75. The number of hydrogen-bond acceptors (Lipinski definition) is 5. The summed E-state index contributed by atoms with van der Waals surface area (Å²) in [6.45, 7) is 4.15. The number of amides is 1. The lowest BCUT2D eigenvalue weighted by atomic mass is 9.99. The predicted octanol–water partition coefficient (Wildman–Crippen LogP) is 1.11. The minimum absolute atomic E-state index is 0.208. The Hall–Kier alpha value is -1.34. The third-order valence-corrected chi connectivity index (χ3v) is 4.37. The highest BCUT2D eigenvalue weighted by Crippen LogP contribution is 2.23. The van der Waals surface area contributed by atoms with Crippen LogP contribution in [0.1, 0.15) is 23.2 Å². The molecule has 1 fully saturated rings. The van der Waals surface area contributed by atoms with Gasteiger partial charge in [0.05, 0.1) is 5.56 Å². The minimum atomic E-state index is -0.208. The van der Waals surface area contributed by atoms with Crippen molar-refractivity contribution in [2.75, 3.05) is 45.9 Å². The van der Waals surface area contributed by atoms with Gasteiger partial charge in [0.1, 0.15) is 12.4 Å². The van der Waals surface area contributed by atoms with E-state index in [0.717, 1.165) is 32.5 Å². The Kier molecular flexibility index (Phi) is 7.78. The van der Waals surface area contributed by atoms with Crippen molar-refractivity contribution in [3.63, 3.8) is 0 Å². The molecule has 0 unspecified atom stereocenters. The largest absolute Gasteiger partial charge is 0.491 e. The summed E-state index contributed by atoms with van der Waals surface area (Å²) in [5, 5.41) is 12.7. The Morgan fingerprint density at radius 2 is 2.33 bits per heavy atom. The second-order valence-corrected chi connectivity index (χ2v) is 6.46. The first-order valence-electron chi connectivity index (χ1n) is 8.38. The Labute approximate surface area is 147 Å². The summed E-state index contributed by atoms with van der Waals surface area (Å²) in [6.07, 6.45) is 2.16. The van der Waals surface area contributed by atoms with Crippen molar-refractivity contribution in [3.05, 3.63) is 28.8 Å². The van der Waals surface area contributed by atoms with E-state index in [0.29, 0.717) is 41.9 Å². The van der Waals surface area contributed by atoms with Crippen LogP contribution in [-0.4, -0.2) is 61.9 Å². The molecule has 1 aliphatic heterocycles. The maximum Gasteiger partial charge on any atom is 0.255 e. The van der Waals surface area contributed by atoms with E-state index in [1.165, 1.54) is 0 Å². The number of nitrogens with two attached hydrogens (primary N) is 1. The molecule has 0 spiro atoms. The molecule has 0 radical (unpaired) electrons. The van der Waals surface area contributed by atoms with Crippen LogP contribution in [0.3, 0.4) is 0 Å². The van der Waals surface area contributed by atoms with Crippen LogP contribution in [0.5, 0.6) is 5.75 Å². The van der Waals surface area contributed by atoms with Gasteiger partial charge in [-0.05, 0) is 43.5 Å². The second-order valence-electron chi connectivity index (χ2n) is 6.02. The fourth-order valence-electron chi connectivity index (χ4n) is 2.90. The van der Waals surface area contributed by atoms with Gasteiger partial charge < -0.3 is 25.8 Å². The van der Waals surface area contributed by atoms with Crippen molar-refractivity contribution in [3.8, 4) is 5.75 Å². The summed E-state index contributed by atoms with van der Waals surface area (Å²) < 4.78 is 5.50. The molecule has 1 aromatic carbocycles. The summed E-state index contributed by atoms with van der Waals surface area (Å²) in [5.74, 6) is 0.625. The molecule has 4 N–H and O–H groups in total. The molecule has 7 heteroatoms. The van der Waals surface area contributed by atoms with Crippen molar-refractivity contribution >= 4 is 17.5 Å². The van der Waals surface area contributed by atoms with Crippen LogP contribution in [-0.2, 0) is 0 Å². The average molecular weight is 356 g/mol. The average Bonchev–Trinajstić information content (AvgIpc) is 2.60. The molecule has 1 aliphatic rings. The lowest BCUT2D eigenvalue weighted by molar-refractivity contribution is 0.0927. The van der Waals surface area contributed by atoms with Gasteiger partial charge in [-0.2, -0.15) is 0 Å². The second kappa shape index (κ2) is 9.84. The first-order chi connectivity index (χ1) is 11.6. The normalized spacial score (nSPS) is 18.4. The van der Waals surface area contributed by atoms with Crippen LogP contribution >= 0.6 is 11.6 Å². The van der Waals surface area contributed by atoms with Gasteiger partial charge in [-0.25, -0.2) is 0 Å². The zero-order valence-corrected chi connectivity index (χ0v) is 14.6. The lowest BCUT2D eigenvalue weighted by Crippen LogP contribution is -2.41. The van der Waals surface area contributed by atoms with Gasteiger partial charge in [0.15, 0.2) is 0 Å². The predicted molar refractivity (Wildman–Crippen MR) is 94.6 cm³/mol. The van der Waals surface area contributed by atoms with Crippen molar-refractivity contribution in [1.29, 1.82) is 0 Å². The molecule has 1 saturated heterocycles. The Balaban J connectivity index is 1.86. The van der Waals surface area contributed by atoms with Crippen LogP contribution in [0.15, 0.2) is 18.2 Å². The van der Waals surface area contributed by atoms with E-state index in [4.69, 9.17) is 22.1 Å². The smallest absolute Gasteiger partial charge is 0.255 e. The van der Waals surface area contributed by atoms with Crippen molar-refractivity contribution in [2.45, 2.75) is 12.8 Å². The Morgan fingerprint density at radius 3 is 3.08 bits per heavy atom. The highest BCUT2D eigenvalue weighted by atomic mass is 35.5. The van der Waals surface area contributed by atoms with Gasteiger partial charge in [0.25, 0.3) is 5.91 Å². The number of nitrogens with zero attached hydrogens (tertiary/aromatic N) is 1. The highest BCUT2D eigenvalue weighted by Gasteiger charge is 2.19. The summed E-state index contributed by atoms with van der Waals surface area (Å²) in [5.41, 5.74) is 5.86. The monoisotopic (exact) mass is 355 g/mol. The number of benzene rings is 1. The number of ether oxygens (including phenoxy) is 1. The number of halogens is 1. The Bertz CT molecular complexity index is 542. The molecular formula is C17H26ClN3O3. The number of rotatable bonds is 8. The maximum atomic E-state index is 12.4. The highest BCUT2D eigenvalue weighted by molar-refractivity contribution is 6.31. The van der Waals surface area contributed by atoms with Crippen LogP contribution < -0.4 is 15.8 Å². The number of piperidine rings is 1. The molecule has 0 saturated carbocycles. The van der Waals surface area contributed by atoms with Crippen LogP contribution in [0.2, 0.25) is 5.02 Å². The lowest BCUT2D eigenvalue weighted by Gasteiger charge is -2.31. The van der Waals surface area contributed by atoms with Gasteiger partial charge in [-0.3, -0.25) is 4.79 Å². The van der Waals surface area contributed by atoms with Crippen LogP contribution in [0.25, 0.3) is 0 Å². The Morgan fingerprint density at radius 1 is 1.50 bits per heavy atom. The SMILES string of the molecule is NCCOc1ccc(Cl)cc1C(=O)NCCN1CCC[C@@H](CO)C1. The number of likely N-dealkylation sites (tertiary alicyclic amines) is 1. The summed E-state index contributed by atoms with van der Waals surface area (Å²) in [7, 11) is 0. The molecule has 1 amide bonds. The zero-order chi connectivity index (χ0) is 17.4. The van der Waals surface area contributed by atoms with Crippen molar-refractivity contribution < 1.29 is 14.6 Å². The maximum absolute atomic E-state index is 12.4. The van der Waals surface area contributed by atoms with E-state index >= 15 is 0 Å². The molecule has 6 nitrogen and oxygen atoms in total. The van der Waals surface area contributed by atoms with Crippen molar-refractivity contribution in [1.82, 2.24) is 10.2 Å². The molecule has 24 heavy (non-hydrogen) atoms. The number of carbonyl (C=O) groups excluding carboxylic acids is 1. The standard InChI is InChI=1S/C17H26ClN3O3/c18-14-3-4-16(24-9-5-19)15(10-14)17(23)20-6-8-21-7-1-2-13(11-21)12-22/h3-4,10,13,22H,1-2,5-9,11-12,19H2,(H,20,23)/t13-/m1/s1. The third-order valence-electron chi connectivity index (χ3n) is 4.14. The molecule has 0 bridgehead atoms. The number of nitrogens with one attached hydrogen (secondary N) is 1. The van der Waals surface area contributed by atoms with Gasteiger partial charge in [0, 0.05) is 37.8 Å². The molecule has 2 rings (SSSR count). The number of hydrogen-bond donors (Lipinski definition) is 3. The zero-order valence-electron chi connectivity index (χ0n) is 13.8. The fourth-order valence-corrected chi connectivity index (χ4v) is 3.07. The fraction of sp³-hybridized carbons (Fsp3) is 0.588. The van der Waals surface area contributed by atoms with E-state index in [9.17, 15) is 9.90 Å². The molecule has 0 aromatic heterocycles. The summed E-state index contributed by atoms with van der Waals surface area (Å²) in [4.78, 5) is 14.7. The molecule has 1 aromatic rings. The first kappa shape index (κ1) is 19.0. The quantitative estimate of drug-likeness (QED) is 0.650. The van der Waals surface area contributed by atoms with E-state index in [2.05, 4.69) is 10.2 Å². The van der Waals surface area contributed by atoms with Gasteiger partial charge in [0.2, 0.25) is 0 Å². The van der Waals surface area contributed by atoms with Crippen LogP contribution in [0.4, 0.5) is 0 Å². The summed E-state index contributed by atoms with van der Waals surface area (Å²) in [6, 6.07) is 4.97. The summed E-state index contributed by atoms with van der Waals surface area (Å²) >= 11 is 5.99. The number of aliphatic hydroxyl groups excluding tert-OH is 1. The molecular weight excluding hydrogens is 330 g/mol. The molecule has 0 aliphatic carbocycles. The number of carbonyl (C=O) groups is 1. The number of aliphatic hydroxyl groups is 1. The van der Waals surface area contributed by atoms with E-state index < -0.39 is 0 Å². The molecule has 1 heterocycles. The van der Waals surface area contributed by atoms with Crippen LogP contribution in [0, 0.1) is 5.92 Å². The van der Waals surface area contributed by atoms with E-state index in [1.54, 1.807) is 18.2 Å². The van der Waals surface area contributed by atoms with Gasteiger partial charge in [-0.15, -0.1) is 0 Å². The van der Waals surface area contributed by atoms with Gasteiger partial charge >= 0.3 is 0 Å². The van der Waals surface area contributed by atoms with Crippen molar-refractivity contribution in [2.24, 2.45) is 11.7 Å². The topological polar surface area (TPSA) is 87.8 Å².